The zero-order valence-corrected chi connectivity index (χ0v) is 9.43. The van der Waals surface area contributed by atoms with Gasteiger partial charge in [0.05, 0.1) is 5.52 Å². The summed E-state index contributed by atoms with van der Waals surface area (Å²) in [4.78, 5) is 24.1. The molecule has 1 aliphatic rings. The molecule has 1 fully saturated rings. The van der Waals surface area contributed by atoms with Crippen LogP contribution in [0.1, 0.15) is 24.1 Å². The lowest BCUT2D eigenvalue weighted by molar-refractivity contribution is 0.0766. The second kappa shape index (κ2) is 3.84. The van der Waals surface area contributed by atoms with Crippen molar-refractivity contribution in [2.24, 2.45) is 5.92 Å². The van der Waals surface area contributed by atoms with E-state index in [0.717, 1.165) is 30.2 Å². The molecule has 1 aliphatic carbocycles. The first kappa shape index (κ1) is 10.3. The van der Waals surface area contributed by atoms with E-state index in [-0.39, 0.29) is 17.4 Å². The molecule has 0 atom stereocenters. The van der Waals surface area contributed by atoms with Crippen LogP contribution >= 0.6 is 0 Å². The van der Waals surface area contributed by atoms with Gasteiger partial charge in [-0.3, -0.25) is 9.59 Å². The fourth-order valence-electron chi connectivity index (χ4n) is 2.25. The minimum Gasteiger partial charge on any atom is -0.274 e. The van der Waals surface area contributed by atoms with E-state index in [4.69, 9.17) is 0 Å². The second-order valence-corrected chi connectivity index (χ2v) is 4.53. The summed E-state index contributed by atoms with van der Waals surface area (Å²) in [5.74, 6) is -0.00319. The van der Waals surface area contributed by atoms with E-state index in [1.165, 1.54) is 10.6 Å². The summed E-state index contributed by atoms with van der Waals surface area (Å²) in [5, 5.41) is 0.930. The summed E-state index contributed by atoms with van der Waals surface area (Å²) in [6.45, 7) is 0. The van der Waals surface area contributed by atoms with Gasteiger partial charge in [-0.1, -0.05) is 24.6 Å². The largest absolute Gasteiger partial charge is 0.274 e. The predicted molar refractivity (Wildman–Crippen MR) is 66.2 cm³/mol. The molecule has 0 saturated heterocycles. The molecule has 3 heteroatoms. The highest BCUT2D eigenvalue weighted by Crippen LogP contribution is 2.28. The maximum Gasteiger partial charge on any atom is 0.257 e. The number of para-hydroxylation sites is 1. The van der Waals surface area contributed by atoms with Crippen molar-refractivity contribution in [3.05, 3.63) is 46.8 Å². The van der Waals surface area contributed by atoms with Crippen molar-refractivity contribution in [3.63, 3.8) is 0 Å². The van der Waals surface area contributed by atoms with Gasteiger partial charge in [-0.15, -0.1) is 0 Å². The Morgan fingerprint density at radius 3 is 2.59 bits per heavy atom. The number of aromatic nitrogens is 1. The molecule has 1 aromatic carbocycles. The highest BCUT2D eigenvalue weighted by atomic mass is 16.2. The third kappa shape index (κ3) is 1.58. The van der Waals surface area contributed by atoms with Crippen LogP contribution in [0.3, 0.4) is 0 Å². The molecule has 3 nitrogen and oxygen atoms in total. The van der Waals surface area contributed by atoms with Gasteiger partial charge in [-0.05, 0) is 30.4 Å². The molecule has 2 aromatic rings. The van der Waals surface area contributed by atoms with Crippen molar-refractivity contribution in [1.29, 1.82) is 0 Å². The van der Waals surface area contributed by atoms with E-state index in [0.29, 0.717) is 0 Å². The number of carbonyl (C=O) groups is 1. The van der Waals surface area contributed by atoms with Crippen LogP contribution < -0.4 is 5.56 Å². The minimum atomic E-state index is -0.222. The van der Waals surface area contributed by atoms with E-state index in [9.17, 15) is 9.59 Å². The zero-order valence-electron chi connectivity index (χ0n) is 9.43. The van der Waals surface area contributed by atoms with Gasteiger partial charge in [0.2, 0.25) is 5.91 Å². The molecule has 0 spiro atoms. The van der Waals surface area contributed by atoms with Gasteiger partial charge in [0.1, 0.15) is 0 Å². The smallest absolute Gasteiger partial charge is 0.257 e. The van der Waals surface area contributed by atoms with Gasteiger partial charge < -0.3 is 0 Å². The molecular formula is C14H13NO2. The first-order valence-corrected chi connectivity index (χ1v) is 5.92. The van der Waals surface area contributed by atoms with Gasteiger partial charge in [0.15, 0.2) is 0 Å². The lowest BCUT2D eigenvalue weighted by Crippen LogP contribution is -2.34. The number of hydrogen-bond donors (Lipinski definition) is 0. The van der Waals surface area contributed by atoms with Crippen molar-refractivity contribution in [1.82, 2.24) is 4.57 Å². The van der Waals surface area contributed by atoms with Crippen LogP contribution in [0.4, 0.5) is 0 Å². The van der Waals surface area contributed by atoms with E-state index >= 15 is 0 Å². The lowest BCUT2D eigenvalue weighted by Gasteiger charge is -2.24. The summed E-state index contributed by atoms with van der Waals surface area (Å²) in [6, 6.07) is 10.7. The highest BCUT2D eigenvalue weighted by molar-refractivity contribution is 5.92. The number of carbonyl (C=O) groups excluding carboxylic acids is 1. The van der Waals surface area contributed by atoms with Crippen LogP contribution in [0.5, 0.6) is 0 Å². The number of fused-ring (bicyclic) bond motifs is 1. The summed E-state index contributed by atoms with van der Waals surface area (Å²) in [7, 11) is 0. The summed E-state index contributed by atoms with van der Waals surface area (Å²) in [5.41, 5.74) is 0.498. The van der Waals surface area contributed by atoms with E-state index in [1.807, 2.05) is 24.3 Å². The normalized spacial score (nSPS) is 15.8. The van der Waals surface area contributed by atoms with Crippen LogP contribution in [-0.4, -0.2) is 10.5 Å². The minimum absolute atomic E-state index is 0.0403. The van der Waals surface area contributed by atoms with Crippen LogP contribution in [0, 0.1) is 5.92 Å². The van der Waals surface area contributed by atoms with Crippen LogP contribution in [0.2, 0.25) is 0 Å². The van der Waals surface area contributed by atoms with Crippen molar-refractivity contribution in [2.75, 3.05) is 0 Å². The molecule has 17 heavy (non-hydrogen) atoms. The van der Waals surface area contributed by atoms with Crippen LogP contribution in [0.25, 0.3) is 10.9 Å². The van der Waals surface area contributed by atoms with Crippen molar-refractivity contribution >= 4 is 16.8 Å². The summed E-state index contributed by atoms with van der Waals surface area (Å²) in [6.07, 6.45) is 2.92. The molecule has 0 radical (unpaired) electrons. The molecule has 1 heterocycles. The van der Waals surface area contributed by atoms with Crippen LogP contribution in [0.15, 0.2) is 41.2 Å². The number of hydrogen-bond acceptors (Lipinski definition) is 2. The Labute approximate surface area is 98.7 Å². The fourth-order valence-corrected chi connectivity index (χ4v) is 2.25. The third-order valence-corrected chi connectivity index (χ3v) is 3.48. The maximum absolute atomic E-state index is 12.2. The van der Waals surface area contributed by atoms with Gasteiger partial charge >= 0.3 is 0 Å². The molecule has 1 saturated carbocycles. The molecule has 0 aliphatic heterocycles. The molecule has 0 bridgehead atoms. The Bertz CT molecular complexity index is 638. The SMILES string of the molecule is O=C(C1CCC1)n1c(=O)ccc2ccccc21. The first-order valence-electron chi connectivity index (χ1n) is 5.92. The molecule has 0 unspecified atom stereocenters. The van der Waals surface area contributed by atoms with Gasteiger partial charge in [0.25, 0.3) is 5.56 Å². The average Bonchev–Trinajstić information content (AvgIpc) is 2.26. The molecule has 3 rings (SSSR count). The Morgan fingerprint density at radius 2 is 1.88 bits per heavy atom. The third-order valence-electron chi connectivity index (χ3n) is 3.48. The molecule has 86 valence electrons. The fraction of sp³-hybridized carbons (Fsp3) is 0.286. The van der Waals surface area contributed by atoms with Gasteiger partial charge in [0, 0.05) is 12.0 Å². The van der Waals surface area contributed by atoms with E-state index in [2.05, 4.69) is 0 Å². The number of rotatable bonds is 1. The van der Waals surface area contributed by atoms with E-state index < -0.39 is 0 Å². The summed E-state index contributed by atoms with van der Waals surface area (Å²) >= 11 is 0. The van der Waals surface area contributed by atoms with Gasteiger partial charge in [-0.2, -0.15) is 0 Å². The second-order valence-electron chi connectivity index (χ2n) is 4.53. The van der Waals surface area contributed by atoms with Crippen LogP contribution in [-0.2, 0) is 0 Å². The molecule has 0 N–H and O–H groups in total. The van der Waals surface area contributed by atoms with E-state index in [1.54, 1.807) is 6.07 Å². The molecule has 1 aromatic heterocycles. The van der Waals surface area contributed by atoms with Crippen molar-refractivity contribution in [3.8, 4) is 0 Å². The first-order chi connectivity index (χ1) is 8.27. The monoisotopic (exact) mass is 227 g/mol. The Kier molecular flexibility index (Phi) is 2.32. The number of pyridine rings is 1. The maximum atomic E-state index is 12.2. The van der Waals surface area contributed by atoms with Crippen molar-refractivity contribution in [2.45, 2.75) is 19.3 Å². The van der Waals surface area contributed by atoms with Crippen molar-refractivity contribution < 1.29 is 4.79 Å². The van der Waals surface area contributed by atoms with Gasteiger partial charge in [-0.25, -0.2) is 4.57 Å². The zero-order chi connectivity index (χ0) is 11.8. The Balaban J connectivity index is 2.22. The Hall–Kier alpha value is -1.90. The Morgan fingerprint density at radius 1 is 1.12 bits per heavy atom. The predicted octanol–water partition coefficient (Wildman–Crippen LogP) is 2.44. The number of nitrogens with zero attached hydrogens (tertiary/aromatic N) is 1. The highest BCUT2D eigenvalue weighted by Gasteiger charge is 2.27. The molecule has 0 amide bonds. The number of benzene rings is 1. The summed E-state index contributed by atoms with van der Waals surface area (Å²) < 4.78 is 1.33. The molecular weight excluding hydrogens is 214 g/mol. The topological polar surface area (TPSA) is 39.1 Å². The lowest BCUT2D eigenvalue weighted by atomic mass is 9.84. The standard InChI is InChI=1S/C14H13NO2/c16-13-9-8-10-4-1-2-7-12(10)15(13)14(17)11-5-3-6-11/h1-2,4,7-9,11H,3,5-6H2. The average molecular weight is 227 g/mol. The quantitative estimate of drug-likeness (QED) is 0.750.